The smallest absolute Gasteiger partial charge is 0.273 e. The molecule has 0 aliphatic heterocycles. The van der Waals surface area contributed by atoms with E-state index in [1.165, 1.54) is 48.5 Å². The van der Waals surface area contributed by atoms with E-state index in [1.54, 1.807) is 0 Å². The highest BCUT2D eigenvalue weighted by Crippen LogP contribution is 2.36. The molecule has 0 radical (unpaired) electrons. The first-order valence-electron chi connectivity index (χ1n) is 7.75. The van der Waals surface area contributed by atoms with Gasteiger partial charge in [-0.1, -0.05) is 24.3 Å². The molecule has 0 unspecified atom stereocenters. The molecule has 1 aromatic heterocycles. The number of benzene rings is 2. The molecule has 3 rings (SSSR count). The summed E-state index contributed by atoms with van der Waals surface area (Å²) in [4.78, 5) is 0.0536. The van der Waals surface area contributed by atoms with Gasteiger partial charge in [-0.2, -0.15) is 18.3 Å². The molecule has 1 N–H and O–H groups in total. The molecule has 142 valence electrons. The van der Waals surface area contributed by atoms with Crippen molar-refractivity contribution in [2.45, 2.75) is 17.5 Å². The summed E-state index contributed by atoms with van der Waals surface area (Å²) in [5.41, 5.74) is -0.203. The summed E-state index contributed by atoms with van der Waals surface area (Å²) in [5, 5.41) is 5.81. The Bertz CT molecular complexity index is 1050. The third-order valence-corrected chi connectivity index (χ3v) is 5.13. The van der Waals surface area contributed by atoms with Crippen LogP contribution < -0.4 is 0 Å². The van der Waals surface area contributed by atoms with Crippen LogP contribution >= 0.6 is 0 Å². The van der Waals surface area contributed by atoms with Crippen LogP contribution in [0.5, 0.6) is 0 Å². The Morgan fingerprint density at radius 2 is 1.59 bits per heavy atom. The molecule has 0 aliphatic carbocycles. The number of H-pyrrole nitrogens is 1. The van der Waals surface area contributed by atoms with Gasteiger partial charge in [-0.15, -0.1) is 0 Å². The molecule has 0 spiro atoms. The first-order valence-corrected chi connectivity index (χ1v) is 9.64. The van der Waals surface area contributed by atoms with E-state index in [0.717, 1.165) is 6.26 Å². The molecule has 0 saturated carbocycles. The van der Waals surface area contributed by atoms with Gasteiger partial charge in [-0.05, 0) is 29.8 Å². The number of alkyl halides is 3. The van der Waals surface area contributed by atoms with Gasteiger partial charge in [-0.3, -0.25) is 5.10 Å². The van der Waals surface area contributed by atoms with Crippen molar-refractivity contribution in [3.8, 4) is 11.3 Å². The Kier molecular flexibility index (Phi) is 4.81. The molecular formula is C18H14F4N2O2S. The second kappa shape index (κ2) is 6.80. The van der Waals surface area contributed by atoms with E-state index in [9.17, 15) is 26.0 Å². The average molecular weight is 398 g/mol. The monoisotopic (exact) mass is 398 g/mol. The van der Waals surface area contributed by atoms with Crippen LogP contribution in [0, 0.1) is 5.82 Å². The molecule has 9 heteroatoms. The summed E-state index contributed by atoms with van der Waals surface area (Å²) < 4.78 is 76.2. The number of nitrogens with one attached hydrogen (secondary N) is 1. The minimum atomic E-state index is -4.65. The van der Waals surface area contributed by atoms with Crippen molar-refractivity contribution in [2.75, 3.05) is 6.26 Å². The van der Waals surface area contributed by atoms with E-state index < -0.39 is 27.5 Å². The molecule has 0 saturated heterocycles. The summed E-state index contributed by atoms with van der Waals surface area (Å²) in [6.45, 7) is 0. The zero-order chi connectivity index (χ0) is 19.8. The predicted molar refractivity (Wildman–Crippen MR) is 91.3 cm³/mol. The standard InChI is InChI=1S/C18H14F4N2O2S/c1-27(25,26)14-8-4-12(5-9-14)16-15(17(24-23-16)18(20,21)22)10-11-2-6-13(19)7-3-11/h2-9H,10H2,1H3,(H,23,24). The topological polar surface area (TPSA) is 62.8 Å². The Morgan fingerprint density at radius 3 is 2.11 bits per heavy atom. The Morgan fingerprint density at radius 1 is 1.00 bits per heavy atom. The lowest BCUT2D eigenvalue weighted by atomic mass is 9.99. The second-order valence-corrected chi connectivity index (χ2v) is 8.04. The molecule has 0 fully saturated rings. The van der Waals surface area contributed by atoms with Crippen LogP contribution in [-0.4, -0.2) is 24.9 Å². The summed E-state index contributed by atoms with van der Waals surface area (Å²) in [6, 6.07) is 10.6. The zero-order valence-corrected chi connectivity index (χ0v) is 14.8. The highest BCUT2D eigenvalue weighted by atomic mass is 32.2. The minimum absolute atomic E-state index is 0.0536. The van der Waals surface area contributed by atoms with E-state index in [1.807, 2.05) is 5.10 Å². The maximum atomic E-state index is 13.4. The van der Waals surface area contributed by atoms with Crippen LogP contribution in [0.25, 0.3) is 11.3 Å². The van der Waals surface area contributed by atoms with Gasteiger partial charge in [-0.25, -0.2) is 12.8 Å². The van der Waals surface area contributed by atoms with Crippen LogP contribution in [0.3, 0.4) is 0 Å². The lowest BCUT2D eigenvalue weighted by molar-refractivity contribution is -0.141. The fourth-order valence-electron chi connectivity index (χ4n) is 2.68. The summed E-state index contributed by atoms with van der Waals surface area (Å²) in [5.74, 6) is -0.487. The van der Waals surface area contributed by atoms with Gasteiger partial charge >= 0.3 is 6.18 Å². The number of rotatable bonds is 4. The number of halogens is 4. The zero-order valence-electron chi connectivity index (χ0n) is 14.0. The SMILES string of the molecule is CS(=O)(=O)c1ccc(-c2n[nH]c(C(F)(F)F)c2Cc2ccc(F)cc2)cc1. The van der Waals surface area contributed by atoms with E-state index >= 15 is 0 Å². The Balaban J connectivity index is 2.07. The number of nitrogens with zero attached hydrogens (tertiary/aromatic N) is 1. The maximum absolute atomic E-state index is 13.4. The molecule has 0 atom stereocenters. The summed E-state index contributed by atoms with van der Waals surface area (Å²) in [7, 11) is -3.43. The molecular weight excluding hydrogens is 384 g/mol. The number of hydrogen-bond acceptors (Lipinski definition) is 3. The number of aromatic nitrogens is 2. The fourth-order valence-corrected chi connectivity index (χ4v) is 3.31. The third-order valence-electron chi connectivity index (χ3n) is 4.00. The number of sulfone groups is 1. The molecule has 0 aliphatic rings. The summed E-state index contributed by atoms with van der Waals surface area (Å²) >= 11 is 0. The maximum Gasteiger partial charge on any atom is 0.433 e. The van der Waals surface area contributed by atoms with Gasteiger partial charge in [0.15, 0.2) is 9.84 Å². The lowest BCUT2D eigenvalue weighted by Crippen LogP contribution is -2.09. The normalized spacial score (nSPS) is 12.3. The highest BCUT2D eigenvalue weighted by molar-refractivity contribution is 7.90. The van der Waals surface area contributed by atoms with E-state index in [2.05, 4.69) is 5.10 Å². The van der Waals surface area contributed by atoms with E-state index in [0.29, 0.717) is 11.1 Å². The lowest BCUT2D eigenvalue weighted by Gasteiger charge is -2.09. The van der Waals surface area contributed by atoms with Crippen LogP contribution in [0.1, 0.15) is 16.8 Å². The van der Waals surface area contributed by atoms with Crippen molar-refractivity contribution < 1.29 is 26.0 Å². The van der Waals surface area contributed by atoms with Gasteiger partial charge in [0.1, 0.15) is 11.5 Å². The second-order valence-electron chi connectivity index (χ2n) is 6.02. The van der Waals surface area contributed by atoms with Gasteiger partial charge < -0.3 is 0 Å². The van der Waals surface area contributed by atoms with Crippen molar-refractivity contribution in [2.24, 2.45) is 0 Å². The van der Waals surface area contributed by atoms with Crippen LogP contribution in [-0.2, 0) is 22.4 Å². The van der Waals surface area contributed by atoms with Gasteiger partial charge in [0, 0.05) is 23.8 Å². The first-order chi connectivity index (χ1) is 12.6. The molecule has 3 aromatic rings. The molecule has 4 nitrogen and oxygen atoms in total. The van der Waals surface area contributed by atoms with Gasteiger partial charge in [0.25, 0.3) is 0 Å². The van der Waals surface area contributed by atoms with Crippen molar-refractivity contribution in [1.82, 2.24) is 10.2 Å². The van der Waals surface area contributed by atoms with Crippen LogP contribution in [0.4, 0.5) is 17.6 Å². The molecule has 0 bridgehead atoms. The Hall–Kier alpha value is -2.68. The summed E-state index contributed by atoms with van der Waals surface area (Å²) in [6.07, 6.45) is -3.72. The number of aromatic amines is 1. The van der Waals surface area contributed by atoms with Crippen molar-refractivity contribution in [3.63, 3.8) is 0 Å². The van der Waals surface area contributed by atoms with Crippen molar-refractivity contribution >= 4 is 9.84 Å². The predicted octanol–water partition coefficient (Wildman–Crippen LogP) is 4.23. The average Bonchev–Trinajstić information content (AvgIpc) is 3.00. The minimum Gasteiger partial charge on any atom is -0.273 e. The van der Waals surface area contributed by atoms with Gasteiger partial charge in [0.2, 0.25) is 0 Å². The first kappa shape index (κ1) is 19.1. The Labute approximate surface area is 152 Å². The van der Waals surface area contributed by atoms with E-state index in [4.69, 9.17) is 0 Å². The fraction of sp³-hybridized carbons (Fsp3) is 0.167. The molecule has 1 heterocycles. The highest BCUT2D eigenvalue weighted by Gasteiger charge is 2.37. The van der Waals surface area contributed by atoms with E-state index in [-0.39, 0.29) is 22.6 Å². The van der Waals surface area contributed by atoms with Crippen molar-refractivity contribution in [3.05, 3.63) is 71.2 Å². The van der Waals surface area contributed by atoms with Gasteiger partial charge in [0.05, 0.1) is 10.6 Å². The van der Waals surface area contributed by atoms with Crippen LogP contribution in [0.2, 0.25) is 0 Å². The molecule has 27 heavy (non-hydrogen) atoms. The van der Waals surface area contributed by atoms with Crippen molar-refractivity contribution in [1.29, 1.82) is 0 Å². The number of hydrogen-bond donors (Lipinski definition) is 1. The quantitative estimate of drug-likeness (QED) is 0.669. The third kappa shape index (κ3) is 4.19. The molecule has 2 aromatic carbocycles. The van der Waals surface area contributed by atoms with Crippen LogP contribution in [0.15, 0.2) is 53.4 Å². The largest absolute Gasteiger partial charge is 0.433 e. The molecule has 0 amide bonds.